The van der Waals surface area contributed by atoms with Gasteiger partial charge >= 0.3 is 0 Å². The zero-order chi connectivity index (χ0) is 29.3. The highest BCUT2D eigenvalue weighted by atomic mass is 14.2. The first-order valence-electron chi connectivity index (χ1n) is 16.1. The van der Waals surface area contributed by atoms with Gasteiger partial charge in [0.1, 0.15) is 0 Å². The first-order valence-corrected chi connectivity index (χ1v) is 16.1. The minimum Gasteiger partial charge on any atom is -0.0654 e. The molecular formula is C42H46. The van der Waals surface area contributed by atoms with Gasteiger partial charge in [-0.15, -0.1) is 0 Å². The van der Waals surface area contributed by atoms with Crippen molar-refractivity contribution in [1.82, 2.24) is 0 Å². The lowest BCUT2D eigenvalue weighted by molar-refractivity contribution is 0.667. The molecule has 0 bridgehead atoms. The molecule has 0 radical (unpaired) electrons. The van der Waals surface area contributed by atoms with Crippen LogP contribution in [-0.4, -0.2) is 0 Å². The molecule has 0 fully saturated rings. The molecule has 0 saturated carbocycles. The molecule has 5 rings (SSSR count). The van der Waals surface area contributed by atoms with Gasteiger partial charge in [0.05, 0.1) is 0 Å². The third kappa shape index (κ3) is 7.29. The lowest BCUT2D eigenvalue weighted by Crippen LogP contribution is -1.96. The molecule has 0 heteroatoms. The maximum Gasteiger partial charge on any atom is -0.0149 e. The molecule has 5 aromatic carbocycles. The second kappa shape index (κ2) is 14.3. The normalized spacial score (nSPS) is 11.1. The summed E-state index contributed by atoms with van der Waals surface area (Å²) in [6, 6.07) is 41.2. The fourth-order valence-corrected chi connectivity index (χ4v) is 5.96. The van der Waals surface area contributed by atoms with E-state index in [1.54, 1.807) is 0 Å². The minimum absolute atomic E-state index is 1.12. The van der Waals surface area contributed by atoms with Crippen LogP contribution >= 0.6 is 0 Å². The summed E-state index contributed by atoms with van der Waals surface area (Å²) in [4.78, 5) is 0. The third-order valence-corrected chi connectivity index (χ3v) is 8.63. The predicted molar refractivity (Wildman–Crippen MR) is 184 cm³/mol. The molecule has 0 amide bonds. The summed E-state index contributed by atoms with van der Waals surface area (Å²) in [6.45, 7) is 8.95. The Balaban J connectivity index is 1.42. The fraction of sp³-hybridized carbons (Fsp3) is 0.286. The first kappa shape index (κ1) is 29.6. The van der Waals surface area contributed by atoms with Crippen molar-refractivity contribution < 1.29 is 0 Å². The highest BCUT2D eigenvalue weighted by Crippen LogP contribution is 2.35. The van der Waals surface area contributed by atoms with Gasteiger partial charge < -0.3 is 0 Å². The Morgan fingerprint density at radius 2 is 0.881 bits per heavy atom. The van der Waals surface area contributed by atoms with Gasteiger partial charge in [-0.05, 0) is 101 Å². The molecule has 0 N–H and O–H groups in total. The maximum atomic E-state index is 2.47. The van der Waals surface area contributed by atoms with Gasteiger partial charge in [0.2, 0.25) is 0 Å². The van der Waals surface area contributed by atoms with Crippen LogP contribution in [0.4, 0.5) is 0 Å². The van der Waals surface area contributed by atoms with E-state index in [9.17, 15) is 0 Å². The Morgan fingerprint density at radius 3 is 1.43 bits per heavy atom. The fourth-order valence-electron chi connectivity index (χ4n) is 5.96. The molecule has 0 unspecified atom stereocenters. The third-order valence-electron chi connectivity index (χ3n) is 8.63. The van der Waals surface area contributed by atoms with Crippen LogP contribution in [0.3, 0.4) is 0 Å². The van der Waals surface area contributed by atoms with Crippen molar-refractivity contribution in [3.63, 3.8) is 0 Å². The highest BCUT2D eigenvalue weighted by molar-refractivity contribution is 5.79. The smallest absolute Gasteiger partial charge is 0.0149 e. The van der Waals surface area contributed by atoms with Gasteiger partial charge in [0.25, 0.3) is 0 Å². The molecule has 0 aromatic heterocycles. The van der Waals surface area contributed by atoms with Crippen molar-refractivity contribution in [3.8, 4) is 44.5 Å². The Morgan fingerprint density at radius 1 is 0.405 bits per heavy atom. The van der Waals surface area contributed by atoms with Gasteiger partial charge in [-0.1, -0.05) is 154 Å². The summed E-state index contributed by atoms with van der Waals surface area (Å²) < 4.78 is 0. The summed E-state index contributed by atoms with van der Waals surface area (Å²) in [7, 11) is 0. The first-order chi connectivity index (χ1) is 20.6. The van der Waals surface area contributed by atoms with Crippen molar-refractivity contribution in [1.29, 1.82) is 0 Å². The van der Waals surface area contributed by atoms with Crippen LogP contribution in [0.1, 0.15) is 74.6 Å². The molecule has 42 heavy (non-hydrogen) atoms. The summed E-state index contributed by atoms with van der Waals surface area (Å²) in [5.41, 5.74) is 16.0. The maximum absolute atomic E-state index is 2.47. The standard InChI is InChI=1S/C42H46/c1-5-7-9-10-12-40-30-41(38-25-21-37(22-26-38)35-19-15-33(16-20-35)11-8-6-2)32(4)29-42(40)39-27-23-36(24-28-39)34-17-13-31(3)14-18-34/h13-30H,5-12H2,1-4H3. The van der Waals surface area contributed by atoms with Crippen LogP contribution in [0.15, 0.2) is 109 Å². The van der Waals surface area contributed by atoms with E-state index < -0.39 is 0 Å². The van der Waals surface area contributed by atoms with Crippen LogP contribution in [0.25, 0.3) is 44.5 Å². The second-order valence-corrected chi connectivity index (χ2v) is 12.0. The van der Waals surface area contributed by atoms with E-state index >= 15 is 0 Å². The van der Waals surface area contributed by atoms with Crippen LogP contribution in [-0.2, 0) is 12.8 Å². The van der Waals surface area contributed by atoms with E-state index in [2.05, 4.69) is 137 Å². The summed E-state index contributed by atoms with van der Waals surface area (Å²) >= 11 is 0. The topological polar surface area (TPSA) is 0 Å². The number of aryl methyl sites for hydroxylation is 4. The van der Waals surface area contributed by atoms with Crippen LogP contribution in [0.2, 0.25) is 0 Å². The number of hydrogen-bond acceptors (Lipinski definition) is 0. The van der Waals surface area contributed by atoms with E-state index in [0.29, 0.717) is 0 Å². The molecule has 0 aliphatic carbocycles. The molecule has 0 atom stereocenters. The monoisotopic (exact) mass is 550 g/mol. The Bertz CT molecular complexity index is 1550. The molecular weight excluding hydrogens is 504 g/mol. The molecule has 0 aliphatic heterocycles. The van der Waals surface area contributed by atoms with Gasteiger partial charge in [-0.25, -0.2) is 0 Å². The minimum atomic E-state index is 1.12. The number of unbranched alkanes of at least 4 members (excludes halogenated alkanes) is 4. The molecule has 214 valence electrons. The van der Waals surface area contributed by atoms with E-state index in [1.165, 1.54) is 112 Å². The van der Waals surface area contributed by atoms with Crippen molar-refractivity contribution in [2.75, 3.05) is 0 Å². The average Bonchev–Trinajstić information content (AvgIpc) is 3.03. The van der Waals surface area contributed by atoms with Crippen molar-refractivity contribution in [2.45, 2.75) is 79.1 Å². The van der Waals surface area contributed by atoms with Crippen molar-refractivity contribution in [2.24, 2.45) is 0 Å². The Labute approximate surface area is 254 Å². The number of hydrogen-bond donors (Lipinski definition) is 0. The van der Waals surface area contributed by atoms with Gasteiger partial charge in [-0.2, -0.15) is 0 Å². The average molecular weight is 551 g/mol. The lowest BCUT2D eigenvalue weighted by Gasteiger charge is -2.17. The SMILES string of the molecule is CCCCCCc1cc(-c2ccc(-c3ccc(CCCC)cc3)cc2)c(C)cc1-c1ccc(-c2ccc(C)cc2)cc1. The van der Waals surface area contributed by atoms with E-state index in [-0.39, 0.29) is 0 Å². The number of benzene rings is 5. The summed E-state index contributed by atoms with van der Waals surface area (Å²) in [5.74, 6) is 0. The van der Waals surface area contributed by atoms with E-state index in [4.69, 9.17) is 0 Å². The van der Waals surface area contributed by atoms with E-state index in [1.807, 2.05) is 0 Å². The van der Waals surface area contributed by atoms with Gasteiger partial charge in [0, 0.05) is 0 Å². The zero-order valence-electron chi connectivity index (χ0n) is 26.0. The largest absolute Gasteiger partial charge is 0.0654 e. The van der Waals surface area contributed by atoms with Gasteiger partial charge in [0.15, 0.2) is 0 Å². The quantitative estimate of drug-likeness (QED) is 0.136. The van der Waals surface area contributed by atoms with Gasteiger partial charge in [-0.3, -0.25) is 0 Å². The molecule has 0 spiro atoms. The molecule has 0 nitrogen and oxygen atoms in total. The van der Waals surface area contributed by atoms with Crippen LogP contribution in [0.5, 0.6) is 0 Å². The molecule has 0 saturated heterocycles. The Hall–Kier alpha value is -3.90. The van der Waals surface area contributed by atoms with Crippen LogP contribution in [0, 0.1) is 13.8 Å². The molecule has 0 aliphatic rings. The van der Waals surface area contributed by atoms with Crippen molar-refractivity contribution in [3.05, 3.63) is 131 Å². The van der Waals surface area contributed by atoms with Crippen LogP contribution < -0.4 is 0 Å². The lowest BCUT2D eigenvalue weighted by atomic mass is 9.88. The van der Waals surface area contributed by atoms with E-state index in [0.717, 1.165) is 6.42 Å². The summed E-state index contributed by atoms with van der Waals surface area (Å²) in [5, 5.41) is 0. The van der Waals surface area contributed by atoms with Crippen molar-refractivity contribution >= 4 is 0 Å². The highest BCUT2D eigenvalue weighted by Gasteiger charge is 2.12. The Kier molecular flexibility index (Phi) is 10.1. The zero-order valence-corrected chi connectivity index (χ0v) is 26.0. The molecule has 0 heterocycles. The second-order valence-electron chi connectivity index (χ2n) is 12.0. The predicted octanol–water partition coefficient (Wildman–Crippen LogP) is 12.4. The molecule has 5 aromatic rings. The summed E-state index contributed by atoms with van der Waals surface area (Å²) in [6.07, 6.45) is 9.87. The number of rotatable bonds is 12.